The van der Waals surface area contributed by atoms with E-state index >= 15 is 0 Å². The van der Waals surface area contributed by atoms with E-state index in [2.05, 4.69) is 10.3 Å². The zero-order chi connectivity index (χ0) is 7.68. The summed E-state index contributed by atoms with van der Waals surface area (Å²) in [6.45, 7) is 0.973. The van der Waals surface area contributed by atoms with Gasteiger partial charge in [-0.2, -0.15) is 4.39 Å². The molecule has 0 radical (unpaired) electrons. The van der Waals surface area contributed by atoms with Crippen molar-refractivity contribution in [1.29, 1.82) is 0 Å². The molecule has 1 aromatic rings. The highest BCUT2D eigenvalue weighted by Gasteiger charge is 2.09. The van der Waals surface area contributed by atoms with E-state index < -0.39 is 0 Å². The van der Waals surface area contributed by atoms with Crippen molar-refractivity contribution in [2.75, 3.05) is 11.9 Å². The molecule has 2 heterocycles. The summed E-state index contributed by atoms with van der Waals surface area (Å²) in [7, 11) is 0. The van der Waals surface area contributed by atoms with Crippen LogP contribution in [-0.2, 0) is 6.42 Å². The van der Waals surface area contributed by atoms with Crippen molar-refractivity contribution in [2.24, 2.45) is 0 Å². The van der Waals surface area contributed by atoms with Crippen LogP contribution in [0.3, 0.4) is 0 Å². The fourth-order valence-electron chi connectivity index (χ4n) is 1.31. The second-order valence-electron chi connectivity index (χ2n) is 2.66. The lowest BCUT2D eigenvalue weighted by molar-refractivity contribution is 0.573. The molecule has 1 aliphatic rings. The number of nitrogens with zero attached hydrogens (tertiary/aromatic N) is 1. The normalized spacial score (nSPS) is 15.4. The number of rotatable bonds is 0. The fraction of sp³-hybridized carbons (Fsp3) is 0.375. The zero-order valence-corrected chi connectivity index (χ0v) is 6.10. The molecule has 0 amide bonds. The predicted octanol–water partition coefficient (Wildman–Crippen LogP) is 1.58. The minimum absolute atomic E-state index is 0.382. The highest BCUT2D eigenvalue weighted by molar-refractivity contribution is 5.49. The molecule has 0 bridgehead atoms. The van der Waals surface area contributed by atoms with E-state index in [1.165, 1.54) is 6.07 Å². The van der Waals surface area contributed by atoms with Crippen molar-refractivity contribution in [2.45, 2.75) is 12.8 Å². The third-order valence-corrected chi connectivity index (χ3v) is 1.85. The van der Waals surface area contributed by atoms with Gasteiger partial charge in [-0.25, -0.2) is 4.98 Å². The Kier molecular flexibility index (Phi) is 1.49. The molecule has 0 unspecified atom stereocenters. The third kappa shape index (κ3) is 1.18. The molecule has 1 N–H and O–H groups in total. The molecule has 0 atom stereocenters. The Hall–Kier alpha value is -1.12. The van der Waals surface area contributed by atoms with Crippen LogP contribution in [0.25, 0.3) is 0 Å². The first-order chi connectivity index (χ1) is 5.36. The number of halogens is 1. The summed E-state index contributed by atoms with van der Waals surface area (Å²) in [6.07, 6.45) is 1.93. The number of pyridine rings is 1. The van der Waals surface area contributed by atoms with Crippen molar-refractivity contribution < 1.29 is 4.39 Å². The standard InChI is InChI=1S/C8H9FN2/c9-8-4-3-6-7(11-8)2-1-5-10-6/h3-4,10H,1-2,5H2. The van der Waals surface area contributed by atoms with Gasteiger partial charge in [-0.3, -0.25) is 0 Å². The van der Waals surface area contributed by atoms with E-state index in [4.69, 9.17) is 0 Å². The smallest absolute Gasteiger partial charge is 0.213 e. The van der Waals surface area contributed by atoms with Crippen LogP contribution < -0.4 is 5.32 Å². The Labute approximate surface area is 64.5 Å². The Balaban J connectivity index is 2.43. The van der Waals surface area contributed by atoms with Crippen molar-refractivity contribution in [3.63, 3.8) is 0 Å². The molecule has 0 spiro atoms. The van der Waals surface area contributed by atoms with E-state index in [1.54, 1.807) is 6.07 Å². The maximum absolute atomic E-state index is 12.6. The summed E-state index contributed by atoms with van der Waals surface area (Å²) in [5, 5.41) is 3.16. The van der Waals surface area contributed by atoms with Crippen LogP contribution in [0.15, 0.2) is 12.1 Å². The lowest BCUT2D eigenvalue weighted by Gasteiger charge is -2.15. The summed E-state index contributed by atoms with van der Waals surface area (Å²) in [5.74, 6) is -0.382. The topological polar surface area (TPSA) is 24.9 Å². The van der Waals surface area contributed by atoms with E-state index in [0.717, 1.165) is 30.8 Å². The first-order valence-corrected chi connectivity index (χ1v) is 3.75. The van der Waals surface area contributed by atoms with Gasteiger partial charge < -0.3 is 5.32 Å². The molecule has 0 aliphatic carbocycles. The summed E-state index contributed by atoms with van der Waals surface area (Å²) in [5.41, 5.74) is 1.84. The van der Waals surface area contributed by atoms with Crippen molar-refractivity contribution in [3.8, 4) is 0 Å². The summed E-state index contributed by atoms with van der Waals surface area (Å²) >= 11 is 0. The summed E-state index contributed by atoms with van der Waals surface area (Å²) in [6, 6.07) is 3.13. The summed E-state index contributed by atoms with van der Waals surface area (Å²) < 4.78 is 12.6. The number of anilines is 1. The average Bonchev–Trinajstić information content (AvgIpc) is 2.04. The molecular weight excluding hydrogens is 143 g/mol. The van der Waals surface area contributed by atoms with Crippen LogP contribution in [0.4, 0.5) is 10.1 Å². The Bertz CT molecular complexity index is 273. The maximum atomic E-state index is 12.6. The van der Waals surface area contributed by atoms with Crippen molar-refractivity contribution >= 4 is 5.69 Å². The Morgan fingerprint density at radius 1 is 1.45 bits per heavy atom. The van der Waals surface area contributed by atoms with Crippen LogP contribution in [-0.4, -0.2) is 11.5 Å². The van der Waals surface area contributed by atoms with Gasteiger partial charge in [0.1, 0.15) is 0 Å². The SMILES string of the molecule is Fc1ccc2c(n1)CCCN2. The van der Waals surface area contributed by atoms with Crippen molar-refractivity contribution in [3.05, 3.63) is 23.8 Å². The van der Waals surface area contributed by atoms with Gasteiger partial charge in [-0.1, -0.05) is 0 Å². The number of aromatic nitrogens is 1. The second kappa shape index (κ2) is 2.49. The van der Waals surface area contributed by atoms with Gasteiger partial charge in [0, 0.05) is 6.54 Å². The molecule has 1 aliphatic heterocycles. The van der Waals surface area contributed by atoms with E-state index in [9.17, 15) is 4.39 Å². The minimum Gasteiger partial charge on any atom is -0.384 e. The van der Waals surface area contributed by atoms with E-state index in [1.807, 2.05) is 0 Å². The molecule has 3 heteroatoms. The van der Waals surface area contributed by atoms with Crippen LogP contribution in [0.1, 0.15) is 12.1 Å². The molecule has 58 valence electrons. The van der Waals surface area contributed by atoms with Gasteiger partial charge in [0.2, 0.25) is 5.95 Å². The minimum atomic E-state index is -0.382. The molecule has 2 rings (SSSR count). The number of hydrogen-bond acceptors (Lipinski definition) is 2. The highest BCUT2D eigenvalue weighted by Crippen LogP contribution is 2.18. The first kappa shape index (κ1) is 6.58. The molecule has 0 aromatic carbocycles. The predicted molar refractivity (Wildman–Crippen MR) is 41.0 cm³/mol. The van der Waals surface area contributed by atoms with Crippen LogP contribution in [0, 0.1) is 5.95 Å². The Morgan fingerprint density at radius 2 is 2.36 bits per heavy atom. The molecule has 2 nitrogen and oxygen atoms in total. The molecule has 11 heavy (non-hydrogen) atoms. The molecule has 0 saturated carbocycles. The van der Waals surface area contributed by atoms with Crippen LogP contribution in [0.2, 0.25) is 0 Å². The monoisotopic (exact) mass is 152 g/mol. The van der Waals surface area contributed by atoms with Gasteiger partial charge in [0.15, 0.2) is 0 Å². The fourth-order valence-corrected chi connectivity index (χ4v) is 1.31. The van der Waals surface area contributed by atoms with Gasteiger partial charge >= 0.3 is 0 Å². The third-order valence-electron chi connectivity index (χ3n) is 1.85. The van der Waals surface area contributed by atoms with Gasteiger partial charge in [-0.05, 0) is 25.0 Å². The van der Waals surface area contributed by atoms with Gasteiger partial charge in [0.25, 0.3) is 0 Å². The largest absolute Gasteiger partial charge is 0.384 e. The molecule has 0 fully saturated rings. The van der Waals surface area contributed by atoms with Crippen LogP contribution in [0.5, 0.6) is 0 Å². The number of fused-ring (bicyclic) bond motifs is 1. The van der Waals surface area contributed by atoms with Crippen molar-refractivity contribution in [1.82, 2.24) is 4.98 Å². The molecule has 1 aromatic heterocycles. The quantitative estimate of drug-likeness (QED) is 0.571. The molecular formula is C8H9FN2. The van der Waals surface area contributed by atoms with Crippen LogP contribution >= 0.6 is 0 Å². The highest BCUT2D eigenvalue weighted by atomic mass is 19.1. The maximum Gasteiger partial charge on any atom is 0.213 e. The van der Waals surface area contributed by atoms with Gasteiger partial charge in [0.05, 0.1) is 11.4 Å². The van der Waals surface area contributed by atoms with Gasteiger partial charge in [-0.15, -0.1) is 0 Å². The first-order valence-electron chi connectivity index (χ1n) is 3.75. The molecule has 0 saturated heterocycles. The number of hydrogen-bond donors (Lipinski definition) is 1. The second-order valence-corrected chi connectivity index (χ2v) is 2.66. The lowest BCUT2D eigenvalue weighted by Crippen LogP contribution is -2.13. The number of aryl methyl sites for hydroxylation is 1. The van der Waals surface area contributed by atoms with E-state index in [-0.39, 0.29) is 5.95 Å². The Morgan fingerprint density at radius 3 is 3.27 bits per heavy atom. The van der Waals surface area contributed by atoms with E-state index in [0.29, 0.717) is 0 Å². The summed E-state index contributed by atoms with van der Waals surface area (Å²) in [4.78, 5) is 3.78. The lowest BCUT2D eigenvalue weighted by atomic mass is 10.1. The number of nitrogens with one attached hydrogen (secondary N) is 1. The average molecular weight is 152 g/mol. The zero-order valence-electron chi connectivity index (χ0n) is 6.10.